The van der Waals surface area contributed by atoms with Gasteiger partial charge in [-0.3, -0.25) is 14.4 Å². The van der Waals surface area contributed by atoms with Crippen LogP contribution in [0.4, 0.5) is 0 Å². The molecular formula is C26H31N3O4. The Hall–Kier alpha value is -3.35. The van der Waals surface area contributed by atoms with E-state index in [1.54, 1.807) is 16.9 Å². The van der Waals surface area contributed by atoms with Crippen LogP contribution in [-0.4, -0.2) is 59.8 Å². The third-order valence-corrected chi connectivity index (χ3v) is 6.54. The molecule has 0 unspecified atom stereocenters. The third kappa shape index (κ3) is 5.02. The maximum atomic E-state index is 13.5. The fourth-order valence-corrected chi connectivity index (χ4v) is 4.71. The fourth-order valence-electron chi connectivity index (χ4n) is 4.71. The van der Waals surface area contributed by atoms with E-state index in [1.165, 1.54) is 0 Å². The molecule has 0 bridgehead atoms. The zero-order chi connectivity index (χ0) is 23.4. The molecule has 174 valence electrons. The largest absolute Gasteiger partial charge is 0.497 e. The number of hydrogen-bond acceptors (Lipinski definition) is 4. The molecular weight excluding hydrogens is 418 g/mol. The maximum Gasteiger partial charge on any atom is 0.254 e. The molecule has 0 aliphatic carbocycles. The molecule has 2 aromatic rings. The molecule has 3 amide bonds. The zero-order valence-corrected chi connectivity index (χ0v) is 19.3. The summed E-state index contributed by atoms with van der Waals surface area (Å²) in [5.41, 5.74) is 2.61. The van der Waals surface area contributed by atoms with Gasteiger partial charge in [0, 0.05) is 25.2 Å². The van der Waals surface area contributed by atoms with Gasteiger partial charge in [0.15, 0.2) is 0 Å². The van der Waals surface area contributed by atoms with E-state index in [1.807, 2.05) is 55.5 Å². The Morgan fingerprint density at radius 1 is 0.970 bits per heavy atom. The van der Waals surface area contributed by atoms with Gasteiger partial charge in [0.05, 0.1) is 7.11 Å². The van der Waals surface area contributed by atoms with E-state index < -0.39 is 12.1 Å². The molecule has 2 atom stereocenters. The van der Waals surface area contributed by atoms with Gasteiger partial charge in [-0.25, -0.2) is 0 Å². The van der Waals surface area contributed by atoms with Crippen molar-refractivity contribution in [2.45, 2.75) is 51.2 Å². The Labute approximate surface area is 194 Å². The van der Waals surface area contributed by atoms with Gasteiger partial charge < -0.3 is 19.9 Å². The highest BCUT2D eigenvalue weighted by molar-refractivity contribution is 5.99. The fraction of sp³-hybridized carbons (Fsp3) is 0.423. The lowest BCUT2D eigenvalue weighted by Crippen LogP contribution is -2.52. The second-order valence-corrected chi connectivity index (χ2v) is 8.78. The second-order valence-electron chi connectivity index (χ2n) is 8.78. The van der Waals surface area contributed by atoms with Crippen LogP contribution < -0.4 is 10.1 Å². The number of ether oxygens (including phenoxy) is 1. The number of rotatable bonds is 6. The van der Waals surface area contributed by atoms with Gasteiger partial charge >= 0.3 is 0 Å². The smallest absolute Gasteiger partial charge is 0.254 e. The van der Waals surface area contributed by atoms with Gasteiger partial charge in [0.1, 0.15) is 17.8 Å². The van der Waals surface area contributed by atoms with Crippen molar-refractivity contribution in [2.24, 2.45) is 0 Å². The second kappa shape index (κ2) is 10.1. The number of carbonyl (C=O) groups is 3. The van der Waals surface area contributed by atoms with Crippen LogP contribution in [0.25, 0.3) is 0 Å². The van der Waals surface area contributed by atoms with Crippen molar-refractivity contribution in [1.29, 1.82) is 0 Å². The lowest BCUT2D eigenvalue weighted by molar-refractivity contribution is -0.141. The van der Waals surface area contributed by atoms with Gasteiger partial charge in [0.2, 0.25) is 11.8 Å². The first-order valence-corrected chi connectivity index (χ1v) is 11.6. The van der Waals surface area contributed by atoms with Gasteiger partial charge in [-0.2, -0.15) is 0 Å². The zero-order valence-electron chi connectivity index (χ0n) is 19.3. The first-order chi connectivity index (χ1) is 16.0. The summed E-state index contributed by atoms with van der Waals surface area (Å²) in [6, 6.07) is 14.0. The van der Waals surface area contributed by atoms with E-state index in [4.69, 9.17) is 4.74 Å². The van der Waals surface area contributed by atoms with Crippen molar-refractivity contribution in [2.75, 3.05) is 20.2 Å². The van der Waals surface area contributed by atoms with Crippen LogP contribution in [-0.2, 0) is 16.1 Å². The number of aryl methyl sites for hydroxylation is 1. The van der Waals surface area contributed by atoms with E-state index in [-0.39, 0.29) is 17.7 Å². The average molecular weight is 450 g/mol. The molecule has 7 heteroatoms. The van der Waals surface area contributed by atoms with E-state index in [0.29, 0.717) is 38.0 Å². The van der Waals surface area contributed by atoms with Crippen LogP contribution in [0.5, 0.6) is 5.75 Å². The Kier molecular flexibility index (Phi) is 6.96. The molecule has 0 saturated carbocycles. The van der Waals surface area contributed by atoms with Crippen molar-refractivity contribution in [1.82, 2.24) is 15.1 Å². The summed E-state index contributed by atoms with van der Waals surface area (Å²) in [6.45, 7) is 3.45. The number of nitrogens with zero attached hydrogens (tertiary/aromatic N) is 2. The molecule has 33 heavy (non-hydrogen) atoms. The molecule has 2 heterocycles. The summed E-state index contributed by atoms with van der Waals surface area (Å²) in [5.74, 6) is 0.341. The van der Waals surface area contributed by atoms with Crippen molar-refractivity contribution < 1.29 is 19.1 Å². The summed E-state index contributed by atoms with van der Waals surface area (Å²) in [6.07, 6.45) is 2.83. The Morgan fingerprint density at radius 2 is 1.67 bits per heavy atom. The SMILES string of the molecule is COc1cccc(CNC(=O)[C@H]2CCCN2C(=O)[C@H]2CCCN2C(=O)c2ccc(C)cc2)c1. The highest BCUT2D eigenvalue weighted by atomic mass is 16.5. The molecule has 2 aliphatic heterocycles. The normalized spacial score (nSPS) is 20.1. The number of carbonyl (C=O) groups excluding carboxylic acids is 3. The molecule has 1 N–H and O–H groups in total. The number of amides is 3. The van der Waals surface area contributed by atoms with Crippen molar-refractivity contribution in [3.8, 4) is 5.75 Å². The first kappa shape index (κ1) is 22.8. The molecule has 2 aromatic carbocycles. The predicted molar refractivity (Wildman–Crippen MR) is 125 cm³/mol. The van der Waals surface area contributed by atoms with Gasteiger partial charge in [-0.15, -0.1) is 0 Å². The number of likely N-dealkylation sites (tertiary alicyclic amines) is 2. The van der Waals surface area contributed by atoms with E-state index in [0.717, 1.165) is 29.7 Å². The highest BCUT2D eigenvalue weighted by Crippen LogP contribution is 2.26. The lowest BCUT2D eigenvalue weighted by atomic mass is 10.1. The van der Waals surface area contributed by atoms with Crippen LogP contribution >= 0.6 is 0 Å². The van der Waals surface area contributed by atoms with Crippen molar-refractivity contribution in [3.63, 3.8) is 0 Å². The molecule has 4 rings (SSSR count). The molecule has 2 saturated heterocycles. The monoisotopic (exact) mass is 449 g/mol. The Bertz CT molecular complexity index is 1020. The standard InChI is InChI=1S/C26H31N3O4/c1-18-10-12-20(13-11-18)25(31)29-15-5-9-23(29)26(32)28-14-4-8-22(28)24(30)27-17-19-6-3-7-21(16-19)33-2/h3,6-7,10-13,16,22-23H,4-5,8-9,14-15,17H2,1-2H3,(H,27,30)/t22-,23-/m1/s1. The van der Waals surface area contributed by atoms with Crippen molar-refractivity contribution in [3.05, 3.63) is 65.2 Å². The summed E-state index contributed by atoms with van der Waals surface area (Å²) in [7, 11) is 1.61. The highest BCUT2D eigenvalue weighted by Gasteiger charge is 2.42. The van der Waals surface area contributed by atoms with Gasteiger partial charge in [-0.1, -0.05) is 29.8 Å². The van der Waals surface area contributed by atoms with Crippen molar-refractivity contribution >= 4 is 17.7 Å². The topological polar surface area (TPSA) is 79.0 Å². The summed E-state index contributed by atoms with van der Waals surface area (Å²) >= 11 is 0. The van der Waals surface area contributed by atoms with Crippen LogP contribution in [0.3, 0.4) is 0 Å². The molecule has 2 aliphatic rings. The van der Waals surface area contributed by atoms with Gasteiger partial charge in [-0.05, 0) is 62.4 Å². The summed E-state index contributed by atoms with van der Waals surface area (Å²) < 4.78 is 5.24. The Morgan fingerprint density at radius 3 is 2.39 bits per heavy atom. The maximum absolute atomic E-state index is 13.5. The molecule has 0 radical (unpaired) electrons. The Balaban J connectivity index is 1.41. The van der Waals surface area contributed by atoms with E-state index in [2.05, 4.69) is 5.32 Å². The quantitative estimate of drug-likeness (QED) is 0.736. The summed E-state index contributed by atoms with van der Waals surface area (Å²) in [5, 5.41) is 2.96. The van der Waals surface area contributed by atoms with E-state index in [9.17, 15) is 14.4 Å². The average Bonchev–Trinajstić information content (AvgIpc) is 3.52. The first-order valence-electron chi connectivity index (χ1n) is 11.6. The van der Waals surface area contributed by atoms with Crippen LogP contribution in [0.15, 0.2) is 48.5 Å². The molecule has 2 fully saturated rings. The molecule has 0 spiro atoms. The minimum absolute atomic E-state index is 0.119. The third-order valence-electron chi connectivity index (χ3n) is 6.54. The molecule has 0 aromatic heterocycles. The number of hydrogen-bond donors (Lipinski definition) is 1. The van der Waals surface area contributed by atoms with E-state index >= 15 is 0 Å². The van der Waals surface area contributed by atoms with Crippen LogP contribution in [0.1, 0.15) is 47.2 Å². The molecule has 7 nitrogen and oxygen atoms in total. The minimum Gasteiger partial charge on any atom is -0.497 e. The van der Waals surface area contributed by atoms with Crippen LogP contribution in [0, 0.1) is 6.92 Å². The number of methoxy groups -OCH3 is 1. The lowest BCUT2D eigenvalue weighted by Gasteiger charge is -2.31. The predicted octanol–water partition coefficient (Wildman–Crippen LogP) is 2.92. The minimum atomic E-state index is -0.509. The van der Waals surface area contributed by atoms with Crippen LogP contribution in [0.2, 0.25) is 0 Å². The number of nitrogens with one attached hydrogen (secondary N) is 1. The number of benzene rings is 2. The van der Waals surface area contributed by atoms with Gasteiger partial charge in [0.25, 0.3) is 5.91 Å². The summed E-state index contributed by atoms with van der Waals surface area (Å²) in [4.78, 5) is 42.8.